The monoisotopic (exact) mass is 495 g/mol. The lowest BCUT2D eigenvalue weighted by atomic mass is 10.0. The standard InChI is InChI=1S/C25H25N3O6S/c1-33-21-12-9-18(15-22(21)34-2)26-25(30)24(16-6-4-3-5-7-16)28-35(31,32)19-10-11-20-17(14-19)8-13-23(29)27-20/h3-7,9-12,14-15,24,28H,8,13H2,1-2H3,(H,26,30)(H,27,29)/t24-/m1/s1. The first-order valence-electron chi connectivity index (χ1n) is 10.8. The average Bonchev–Trinajstić information content (AvgIpc) is 2.87. The van der Waals surface area contributed by atoms with Gasteiger partial charge in [-0.25, -0.2) is 8.42 Å². The van der Waals surface area contributed by atoms with Crippen molar-refractivity contribution in [1.29, 1.82) is 0 Å². The molecule has 1 aliphatic heterocycles. The number of anilines is 2. The molecule has 3 aromatic rings. The van der Waals surface area contributed by atoms with E-state index in [0.717, 1.165) is 5.56 Å². The highest BCUT2D eigenvalue weighted by Gasteiger charge is 2.28. The number of methoxy groups -OCH3 is 2. The highest BCUT2D eigenvalue weighted by atomic mass is 32.2. The van der Waals surface area contributed by atoms with Gasteiger partial charge >= 0.3 is 0 Å². The van der Waals surface area contributed by atoms with Gasteiger partial charge in [-0.1, -0.05) is 30.3 Å². The molecule has 9 nitrogen and oxygen atoms in total. The van der Waals surface area contributed by atoms with Crippen molar-refractivity contribution in [2.24, 2.45) is 0 Å². The molecule has 1 aliphatic rings. The highest BCUT2D eigenvalue weighted by molar-refractivity contribution is 7.89. The van der Waals surface area contributed by atoms with Gasteiger partial charge in [0, 0.05) is 23.9 Å². The smallest absolute Gasteiger partial charge is 0.247 e. The molecular weight excluding hydrogens is 470 g/mol. The first-order valence-corrected chi connectivity index (χ1v) is 12.3. The predicted molar refractivity (Wildman–Crippen MR) is 131 cm³/mol. The minimum absolute atomic E-state index is 0.00671. The molecule has 0 fully saturated rings. The van der Waals surface area contributed by atoms with E-state index >= 15 is 0 Å². The number of hydrogen-bond donors (Lipinski definition) is 3. The number of aryl methyl sites for hydroxylation is 1. The van der Waals surface area contributed by atoms with Gasteiger partial charge in [0.15, 0.2) is 11.5 Å². The van der Waals surface area contributed by atoms with Crippen LogP contribution in [0.2, 0.25) is 0 Å². The Morgan fingerprint density at radius 1 is 0.943 bits per heavy atom. The zero-order valence-electron chi connectivity index (χ0n) is 19.2. The summed E-state index contributed by atoms with van der Waals surface area (Å²) in [6.07, 6.45) is 0.719. The molecule has 1 atom stereocenters. The molecule has 182 valence electrons. The van der Waals surface area contributed by atoms with E-state index in [9.17, 15) is 18.0 Å². The largest absolute Gasteiger partial charge is 0.493 e. The van der Waals surface area contributed by atoms with E-state index in [-0.39, 0.29) is 17.2 Å². The number of hydrogen-bond acceptors (Lipinski definition) is 6. The lowest BCUT2D eigenvalue weighted by molar-refractivity contribution is -0.118. The summed E-state index contributed by atoms with van der Waals surface area (Å²) in [7, 11) is -1.10. The molecule has 2 amide bonds. The number of carbonyl (C=O) groups is 2. The number of carbonyl (C=O) groups excluding carboxylic acids is 2. The summed E-state index contributed by atoms with van der Waals surface area (Å²) in [5.41, 5.74) is 2.20. The normalized spacial score (nSPS) is 13.8. The first-order chi connectivity index (χ1) is 16.8. The van der Waals surface area contributed by atoms with Crippen LogP contribution in [0.25, 0.3) is 0 Å². The molecule has 0 saturated heterocycles. The topological polar surface area (TPSA) is 123 Å². The lowest BCUT2D eigenvalue weighted by Gasteiger charge is -2.21. The highest BCUT2D eigenvalue weighted by Crippen LogP contribution is 2.31. The van der Waals surface area contributed by atoms with E-state index in [1.165, 1.54) is 26.4 Å². The second-order valence-electron chi connectivity index (χ2n) is 7.89. The Morgan fingerprint density at radius 3 is 2.40 bits per heavy atom. The second-order valence-corrected chi connectivity index (χ2v) is 9.61. The van der Waals surface area contributed by atoms with E-state index in [4.69, 9.17) is 9.47 Å². The van der Waals surface area contributed by atoms with Crippen molar-refractivity contribution in [3.8, 4) is 11.5 Å². The molecule has 35 heavy (non-hydrogen) atoms. The Bertz CT molecular complexity index is 1360. The molecule has 0 unspecified atom stereocenters. The summed E-state index contributed by atoms with van der Waals surface area (Å²) in [5, 5.41) is 5.48. The molecule has 0 saturated carbocycles. The third kappa shape index (κ3) is 5.44. The lowest BCUT2D eigenvalue weighted by Crippen LogP contribution is -2.37. The van der Waals surface area contributed by atoms with Crippen LogP contribution in [-0.2, 0) is 26.0 Å². The Morgan fingerprint density at radius 2 is 1.69 bits per heavy atom. The summed E-state index contributed by atoms with van der Waals surface area (Å²) in [6.45, 7) is 0. The SMILES string of the molecule is COc1ccc(NC(=O)[C@H](NS(=O)(=O)c2ccc3c(c2)CCC(=O)N3)c2ccccc2)cc1OC. The van der Waals surface area contributed by atoms with Gasteiger partial charge in [-0.15, -0.1) is 0 Å². The summed E-state index contributed by atoms with van der Waals surface area (Å²) < 4.78 is 39.6. The van der Waals surface area contributed by atoms with Crippen LogP contribution in [0.15, 0.2) is 71.6 Å². The molecule has 3 aromatic carbocycles. The van der Waals surface area contributed by atoms with Crippen molar-refractivity contribution in [2.45, 2.75) is 23.8 Å². The first kappa shape index (κ1) is 24.2. The second kappa shape index (κ2) is 10.2. The summed E-state index contributed by atoms with van der Waals surface area (Å²) >= 11 is 0. The van der Waals surface area contributed by atoms with E-state index in [1.807, 2.05) is 0 Å². The average molecular weight is 496 g/mol. The number of ether oxygens (including phenoxy) is 2. The fourth-order valence-electron chi connectivity index (χ4n) is 3.80. The summed E-state index contributed by atoms with van der Waals surface area (Å²) in [5.74, 6) is 0.233. The van der Waals surface area contributed by atoms with Crippen LogP contribution < -0.4 is 24.8 Å². The van der Waals surface area contributed by atoms with Crippen LogP contribution in [0.5, 0.6) is 11.5 Å². The zero-order chi connectivity index (χ0) is 25.0. The van der Waals surface area contributed by atoms with Crippen LogP contribution in [-0.4, -0.2) is 34.5 Å². The van der Waals surface area contributed by atoms with Crippen LogP contribution in [0.3, 0.4) is 0 Å². The molecule has 0 radical (unpaired) electrons. The van der Waals surface area contributed by atoms with Crippen molar-refractivity contribution in [2.75, 3.05) is 24.9 Å². The van der Waals surface area contributed by atoms with Gasteiger partial charge in [0.05, 0.1) is 19.1 Å². The van der Waals surface area contributed by atoms with Gasteiger partial charge in [0.2, 0.25) is 21.8 Å². The molecule has 1 heterocycles. The number of amides is 2. The molecule has 0 spiro atoms. The third-order valence-corrected chi connectivity index (χ3v) is 7.02. The molecule has 0 aromatic heterocycles. The van der Waals surface area contributed by atoms with Gasteiger partial charge in [0.25, 0.3) is 0 Å². The van der Waals surface area contributed by atoms with E-state index in [0.29, 0.717) is 34.9 Å². The van der Waals surface area contributed by atoms with Crippen molar-refractivity contribution < 1.29 is 27.5 Å². The van der Waals surface area contributed by atoms with Gasteiger partial charge in [0.1, 0.15) is 6.04 Å². The number of benzene rings is 3. The Balaban J connectivity index is 1.62. The zero-order valence-corrected chi connectivity index (χ0v) is 20.0. The van der Waals surface area contributed by atoms with E-state index in [2.05, 4.69) is 15.4 Å². The molecular formula is C25H25N3O6S. The van der Waals surface area contributed by atoms with Gasteiger partial charge in [-0.05, 0) is 47.9 Å². The fraction of sp³-hybridized carbons (Fsp3) is 0.200. The third-order valence-electron chi connectivity index (χ3n) is 5.60. The Labute approximate surface area is 203 Å². The van der Waals surface area contributed by atoms with E-state index in [1.54, 1.807) is 54.6 Å². The van der Waals surface area contributed by atoms with Gasteiger partial charge in [-0.2, -0.15) is 4.72 Å². The van der Waals surface area contributed by atoms with Crippen LogP contribution >= 0.6 is 0 Å². The number of nitrogens with one attached hydrogen (secondary N) is 3. The van der Waals surface area contributed by atoms with Gasteiger partial charge in [-0.3, -0.25) is 9.59 Å². The number of fused-ring (bicyclic) bond motifs is 1. The van der Waals surface area contributed by atoms with Crippen molar-refractivity contribution >= 4 is 33.2 Å². The Kier molecular flexibility index (Phi) is 7.04. The summed E-state index contributed by atoms with van der Waals surface area (Å²) in [4.78, 5) is 24.9. The van der Waals surface area contributed by atoms with Crippen LogP contribution in [0, 0.1) is 0 Å². The van der Waals surface area contributed by atoms with Crippen molar-refractivity contribution in [3.05, 3.63) is 77.9 Å². The predicted octanol–water partition coefficient (Wildman–Crippen LogP) is 3.25. The minimum Gasteiger partial charge on any atom is -0.493 e. The minimum atomic E-state index is -4.08. The van der Waals surface area contributed by atoms with Crippen LogP contribution in [0.1, 0.15) is 23.6 Å². The molecule has 0 aliphatic carbocycles. The van der Waals surface area contributed by atoms with Gasteiger partial charge < -0.3 is 20.1 Å². The Hall–Kier alpha value is -3.89. The quantitative estimate of drug-likeness (QED) is 0.441. The molecule has 10 heteroatoms. The van der Waals surface area contributed by atoms with Crippen molar-refractivity contribution in [3.63, 3.8) is 0 Å². The molecule has 3 N–H and O–H groups in total. The number of rotatable bonds is 8. The maximum Gasteiger partial charge on any atom is 0.247 e. The fourth-order valence-corrected chi connectivity index (χ4v) is 5.03. The van der Waals surface area contributed by atoms with Crippen LogP contribution in [0.4, 0.5) is 11.4 Å². The molecule has 4 rings (SSSR count). The van der Waals surface area contributed by atoms with Crippen molar-refractivity contribution in [1.82, 2.24) is 4.72 Å². The maximum absolute atomic E-state index is 13.3. The molecule has 0 bridgehead atoms. The number of sulfonamides is 1. The van der Waals surface area contributed by atoms with E-state index < -0.39 is 22.0 Å². The maximum atomic E-state index is 13.3. The summed E-state index contributed by atoms with van der Waals surface area (Å²) in [6, 6.07) is 16.7.